The first-order valence-corrected chi connectivity index (χ1v) is 7.40. The second kappa shape index (κ2) is 7.71. The summed E-state index contributed by atoms with van der Waals surface area (Å²) in [6.07, 6.45) is -0.120. The number of hydrogen-bond donors (Lipinski definition) is 0. The Balaban J connectivity index is 1.99. The van der Waals surface area contributed by atoms with Gasteiger partial charge in [-0.25, -0.2) is 4.79 Å². The van der Waals surface area contributed by atoms with E-state index in [-0.39, 0.29) is 18.4 Å². The van der Waals surface area contributed by atoms with Crippen molar-refractivity contribution < 1.29 is 23.8 Å². The largest absolute Gasteiger partial charge is 0.497 e. The summed E-state index contributed by atoms with van der Waals surface area (Å²) in [6, 6.07) is 5.39. The minimum absolute atomic E-state index is 0.000990. The Labute approximate surface area is 135 Å². The first-order chi connectivity index (χ1) is 11.1. The van der Waals surface area contributed by atoms with E-state index in [1.54, 1.807) is 42.2 Å². The second-order valence-electron chi connectivity index (χ2n) is 5.19. The number of carbonyl (C=O) groups excluding carboxylic acids is 2. The summed E-state index contributed by atoms with van der Waals surface area (Å²) in [5, 5.41) is 0. The van der Waals surface area contributed by atoms with E-state index >= 15 is 0 Å². The summed E-state index contributed by atoms with van der Waals surface area (Å²) in [5.74, 6) is 1.34. The number of nitrogens with zero attached hydrogens (tertiary/aromatic N) is 2. The molecule has 0 aromatic heterocycles. The fourth-order valence-corrected chi connectivity index (χ4v) is 2.56. The van der Waals surface area contributed by atoms with Crippen molar-refractivity contribution in [3.8, 4) is 11.5 Å². The topological polar surface area (TPSA) is 68.3 Å². The van der Waals surface area contributed by atoms with Gasteiger partial charge in [0.25, 0.3) is 0 Å². The highest BCUT2D eigenvalue weighted by Gasteiger charge is 2.25. The summed E-state index contributed by atoms with van der Waals surface area (Å²) in [4.78, 5) is 27.3. The van der Waals surface area contributed by atoms with Crippen LogP contribution < -0.4 is 9.47 Å². The molecule has 7 heteroatoms. The summed E-state index contributed by atoms with van der Waals surface area (Å²) in [5.41, 5.74) is 0.784. The molecule has 0 N–H and O–H groups in total. The van der Waals surface area contributed by atoms with Crippen LogP contribution in [0.1, 0.15) is 5.56 Å². The molecule has 0 bridgehead atoms. The van der Waals surface area contributed by atoms with E-state index in [9.17, 15) is 9.59 Å². The van der Waals surface area contributed by atoms with Crippen molar-refractivity contribution in [2.24, 2.45) is 0 Å². The third-order valence-corrected chi connectivity index (χ3v) is 3.89. The Morgan fingerprint density at radius 2 is 1.65 bits per heavy atom. The van der Waals surface area contributed by atoms with Gasteiger partial charge < -0.3 is 24.0 Å². The summed E-state index contributed by atoms with van der Waals surface area (Å²) >= 11 is 0. The van der Waals surface area contributed by atoms with Crippen molar-refractivity contribution in [3.05, 3.63) is 23.8 Å². The van der Waals surface area contributed by atoms with Crippen LogP contribution in [0.3, 0.4) is 0 Å². The zero-order chi connectivity index (χ0) is 16.8. The standard InChI is InChI=1S/C16H22N2O5/c1-21-13-4-5-14(22-2)12(10-13)11-15(19)17-6-8-18(9-7-17)16(20)23-3/h4-5,10H,6-9,11H2,1-3H3. The van der Waals surface area contributed by atoms with Gasteiger partial charge >= 0.3 is 6.09 Å². The molecule has 23 heavy (non-hydrogen) atoms. The average Bonchev–Trinajstić information content (AvgIpc) is 2.61. The van der Waals surface area contributed by atoms with Crippen LogP contribution in [0.15, 0.2) is 18.2 Å². The lowest BCUT2D eigenvalue weighted by Gasteiger charge is -2.34. The van der Waals surface area contributed by atoms with Crippen molar-refractivity contribution in [2.45, 2.75) is 6.42 Å². The zero-order valence-corrected chi connectivity index (χ0v) is 13.7. The first kappa shape index (κ1) is 16.9. The summed E-state index contributed by atoms with van der Waals surface area (Å²) < 4.78 is 15.2. The fraction of sp³-hybridized carbons (Fsp3) is 0.500. The van der Waals surface area contributed by atoms with Crippen LogP contribution in [0.25, 0.3) is 0 Å². The number of hydrogen-bond acceptors (Lipinski definition) is 5. The molecule has 0 aliphatic carbocycles. The number of carbonyl (C=O) groups is 2. The lowest BCUT2D eigenvalue weighted by molar-refractivity contribution is -0.132. The molecule has 0 radical (unpaired) electrons. The molecule has 1 heterocycles. The van der Waals surface area contributed by atoms with Crippen molar-refractivity contribution >= 4 is 12.0 Å². The Hall–Kier alpha value is -2.44. The molecule has 1 aliphatic rings. The van der Waals surface area contributed by atoms with Gasteiger partial charge in [-0.05, 0) is 18.2 Å². The van der Waals surface area contributed by atoms with Gasteiger partial charge in [-0.15, -0.1) is 0 Å². The molecule has 1 aliphatic heterocycles. The molecule has 126 valence electrons. The molecule has 0 saturated carbocycles. The maximum absolute atomic E-state index is 12.5. The lowest BCUT2D eigenvalue weighted by atomic mass is 10.1. The minimum Gasteiger partial charge on any atom is -0.497 e. The molecule has 1 fully saturated rings. The van der Waals surface area contributed by atoms with Gasteiger partial charge in [0.15, 0.2) is 0 Å². The number of ether oxygens (including phenoxy) is 3. The Bertz CT molecular complexity index is 568. The second-order valence-corrected chi connectivity index (χ2v) is 5.19. The molecular weight excluding hydrogens is 300 g/mol. The van der Waals surface area contributed by atoms with Gasteiger partial charge in [-0.1, -0.05) is 0 Å². The van der Waals surface area contributed by atoms with E-state index in [1.165, 1.54) is 7.11 Å². The van der Waals surface area contributed by atoms with Gasteiger partial charge in [0.05, 0.1) is 27.8 Å². The minimum atomic E-state index is -0.355. The molecular formula is C16H22N2O5. The van der Waals surface area contributed by atoms with Crippen LogP contribution in [0.4, 0.5) is 4.79 Å². The van der Waals surface area contributed by atoms with Gasteiger partial charge in [-0.2, -0.15) is 0 Å². The SMILES string of the molecule is COC(=O)N1CCN(C(=O)Cc2cc(OC)ccc2OC)CC1. The van der Waals surface area contributed by atoms with E-state index in [0.717, 1.165) is 5.56 Å². The van der Waals surface area contributed by atoms with Crippen molar-refractivity contribution in [1.29, 1.82) is 0 Å². The smallest absolute Gasteiger partial charge is 0.409 e. The van der Waals surface area contributed by atoms with Crippen molar-refractivity contribution in [3.63, 3.8) is 0 Å². The van der Waals surface area contributed by atoms with Crippen LogP contribution >= 0.6 is 0 Å². The number of benzene rings is 1. The highest BCUT2D eigenvalue weighted by molar-refractivity contribution is 5.80. The van der Waals surface area contributed by atoms with Crippen LogP contribution in [0.5, 0.6) is 11.5 Å². The van der Waals surface area contributed by atoms with Crippen molar-refractivity contribution in [2.75, 3.05) is 47.5 Å². The van der Waals surface area contributed by atoms with E-state index in [4.69, 9.17) is 9.47 Å². The Morgan fingerprint density at radius 3 is 2.22 bits per heavy atom. The lowest BCUT2D eigenvalue weighted by Crippen LogP contribution is -2.50. The quantitative estimate of drug-likeness (QED) is 0.832. The summed E-state index contributed by atoms with van der Waals surface area (Å²) in [6.45, 7) is 1.96. The molecule has 0 spiro atoms. The Morgan fingerprint density at radius 1 is 1.00 bits per heavy atom. The third kappa shape index (κ3) is 4.06. The monoisotopic (exact) mass is 322 g/mol. The van der Waals surface area contributed by atoms with Crippen LogP contribution in [0, 0.1) is 0 Å². The maximum Gasteiger partial charge on any atom is 0.409 e. The number of amides is 2. The highest BCUT2D eigenvalue weighted by atomic mass is 16.5. The van der Waals surface area contributed by atoms with Crippen LogP contribution in [-0.2, 0) is 16.0 Å². The van der Waals surface area contributed by atoms with Crippen LogP contribution in [0.2, 0.25) is 0 Å². The van der Waals surface area contributed by atoms with E-state index < -0.39 is 0 Å². The molecule has 1 aromatic rings. The van der Waals surface area contributed by atoms with Crippen molar-refractivity contribution in [1.82, 2.24) is 9.80 Å². The van der Waals surface area contributed by atoms with E-state index in [1.807, 2.05) is 0 Å². The average molecular weight is 322 g/mol. The molecule has 7 nitrogen and oxygen atoms in total. The molecule has 2 amide bonds. The third-order valence-electron chi connectivity index (χ3n) is 3.89. The fourth-order valence-electron chi connectivity index (χ4n) is 2.56. The molecule has 0 atom stereocenters. The van der Waals surface area contributed by atoms with Crippen LogP contribution in [-0.4, -0.2) is 69.3 Å². The predicted octanol–water partition coefficient (Wildman–Crippen LogP) is 1.16. The molecule has 1 saturated heterocycles. The Kier molecular flexibility index (Phi) is 5.67. The normalized spacial score (nSPS) is 14.4. The maximum atomic E-state index is 12.5. The van der Waals surface area contributed by atoms with Gasteiger partial charge in [0, 0.05) is 31.7 Å². The summed E-state index contributed by atoms with van der Waals surface area (Å²) in [7, 11) is 4.51. The zero-order valence-electron chi connectivity index (χ0n) is 13.7. The van der Waals surface area contributed by atoms with Gasteiger partial charge in [0.1, 0.15) is 11.5 Å². The van der Waals surface area contributed by atoms with E-state index in [2.05, 4.69) is 4.74 Å². The van der Waals surface area contributed by atoms with E-state index in [0.29, 0.717) is 37.7 Å². The number of rotatable bonds is 4. The predicted molar refractivity (Wildman–Crippen MR) is 83.8 cm³/mol. The molecule has 0 unspecified atom stereocenters. The highest BCUT2D eigenvalue weighted by Crippen LogP contribution is 2.25. The first-order valence-electron chi connectivity index (χ1n) is 7.40. The molecule has 2 rings (SSSR count). The number of piperazine rings is 1. The van der Waals surface area contributed by atoms with Gasteiger partial charge in [0.2, 0.25) is 5.91 Å². The number of methoxy groups -OCH3 is 3. The van der Waals surface area contributed by atoms with Gasteiger partial charge in [-0.3, -0.25) is 4.79 Å². The molecule has 1 aromatic carbocycles.